The molecule has 1 aromatic heterocycles. The molecule has 0 unspecified atom stereocenters. The number of hydrogen-bond donors (Lipinski definition) is 2. The zero-order chi connectivity index (χ0) is 21.0. The Morgan fingerprint density at radius 3 is 2.62 bits per heavy atom. The number of nitrogens with zero attached hydrogens (tertiary/aromatic N) is 2. The van der Waals surface area contributed by atoms with Crippen LogP contribution in [-0.4, -0.2) is 23.1 Å². The van der Waals surface area contributed by atoms with Gasteiger partial charge in [-0.25, -0.2) is 4.39 Å². The number of pyridine rings is 1. The van der Waals surface area contributed by atoms with Crippen molar-refractivity contribution >= 4 is 5.91 Å². The number of nitrogens with one attached hydrogen (secondary N) is 1. The van der Waals surface area contributed by atoms with Crippen LogP contribution >= 0.6 is 0 Å². The highest BCUT2D eigenvalue weighted by Gasteiger charge is 2.14. The van der Waals surface area contributed by atoms with Crippen molar-refractivity contribution in [3.05, 3.63) is 76.7 Å². The minimum Gasteiger partial charge on any atom is -0.506 e. The number of methoxy groups -OCH3 is 1. The largest absolute Gasteiger partial charge is 0.506 e. The number of aromatic nitrogens is 1. The van der Waals surface area contributed by atoms with Crippen molar-refractivity contribution in [3.8, 4) is 28.8 Å². The van der Waals surface area contributed by atoms with E-state index in [9.17, 15) is 19.6 Å². The van der Waals surface area contributed by atoms with E-state index in [1.165, 1.54) is 25.3 Å². The number of amides is 1. The molecular formula is C22H18FN3O3. The normalized spacial score (nSPS) is 10.3. The van der Waals surface area contributed by atoms with E-state index in [1.54, 1.807) is 31.2 Å². The van der Waals surface area contributed by atoms with Crippen molar-refractivity contribution in [1.82, 2.24) is 10.3 Å². The van der Waals surface area contributed by atoms with Crippen LogP contribution in [0.25, 0.3) is 11.3 Å². The molecule has 0 aliphatic rings. The van der Waals surface area contributed by atoms with E-state index in [0.717, 1.165) is 11.6 Å². The van der Waals surface area contributed by atoms with Gasteiger partial charge in [0.25, 0.3) is 5.91 Å². The first kappa shape index (κ1) is 19.8. The summed E-state index contributed by atoms with van der Waals surface area (Å²) in [5.74, 6) is -0.811. The zero-order valence-corrected chi connectivity index (χ0v) is 15.9. The summed E-state index contributed by atoms with van der Waals surface area (Å²) in [5, 5.41) is 22.0. The van der Waals surface area contributed by atoms with Crippen LogP contribution in [0.5, 0.6) is 11.5 Å². The Balaban J connectivity index is 1.77. The number of carbonyl (C=O) groups excluding carboxylic acids is 1. The summed E-state index contributed by atoms with van der Waals surface area (Å²) >= 11 is 0. The van der Waals surface area contributed by atoms with Crippen LogP contribution in [0.3, 0.4) is 0 Å². The van der Waals surface area contributed by atoms with E-state index in [4.69, 9.17) is 4.74 Å². The summed E-state index contributed by atoms with van der Waals surface area (Å²) in [6.45, 7) is 1.95. The third-order valence-electron chi connectivity index (χ3n) is 4.33. The fourth-order valence-corrected chi connectivity index (χ4v) is 2.89. The summed E-state index contributed by atoms with van der Waals surface area (Å²) in [7, 11) is 1.41. The molecular weight excluding hydrogens is 373 g/mol. The highest BCUT2D eigenvalue weighted by atomic mass is 19.1. The summed E-state index contributed by atoms with van der Waals surface area (Å²) in [6, 6.07) is 14.2. The Morgan fingerprint density at radius 1 is 1.24 bits per heavy atom. The molecule has 0 fully saturated rings. The first-order valence-electron chi connectivity index (χ1n) is 8.74. The first-order valence-corrected chi connectivity index (χ1v) is 8.74. The van der Waals surface area contributed by atoms with Crippen LogP contribution in [0.15, 0.2) is 48.5 Å². The van der Waals surface area contributed by atoms with Gasteiger partial charge in [0.1, 0.15) is 28.9 Å². The second-order valence-electron chi connectivity index (χ2n) is 6.34. The Hall–Kier alpha value is -3.92. The summed E-state index contributed by atoms with van der Waals surface area (Å²) in [5.41, 5.74) is 2.68. The molecule has 0 spiro atoms. The van der Waals surface area contributed by atoms with Gasteiger partial charge in [0.15, 0.2) is 0 Å². The van der Waals surface area contributed by atoms with Gasteiger partial charge >= 0.3 is 0 Å². The molecule has 1 amide bonds. The molecule has 0 atom stereocenters. The number of halogens is 1. The SMILES string of the molecule is COc1ccc(F)cc1C(=O)NCc1ccc(-c2nc(C)cc(O)c2C#N)cc1. The molecule has 2 aromatic carbocycles. The van der Waals surface area contributed by atoms with Crippen molar-refractivity contribution in [1.29, 1.82) is 5.26 Å². The molecule has 0 bridgehead atoms. The van der Waals surface area contributed by atoms with Gasteiger partial charge in [-0.15, -0.1) is 0 Å². The molecule has 0 radical (unpaired) electrons. The topological polar surface area (TPSA) is 95.2 Å². The lowest BCUT2D eigenvalue weighted by Gasteiger charge is -2.10. The Labute approximate surface area is 167 Å². The highest BCUT2D eigenvalue weighted by molar-refractivity contribution is 5.96. The Morgan fingerprint density at radius 2 is 1.97 bits per heavy atom. The molecule has 146 valence electrons. The van der Waals surface area contributed by atoms with Crippen molar-refractivity contribution < 1.29 is 19.0 Å². The van der Waals surface area contributed by atoms with Gasteiger partial charge in [-0.05, 0) is 30.7 Å². The fraction of sp³-hybridized carbons (Fsp3) is 0.136. The third-order valence-corrected chi connectivity index (χ3v) is 4.33. The number of hydrogen-bond acceptors (Lipinski definition) is 5. The predicted octanol–water partition coefficient (Wildman–Crippen LogP) is 3.71. The molecule has 3 aromatic rings. The van der Waals surface area contributed by atoms with E-state index in [0.29, 0.717) is 17.0 Å². The van der Waals surface area contributed by atoms with E-state index in [1.807, 2.05) is 6.07 Å². The summed E-state index contributed by atoms with van der Waals surface area (Å²) in [6.07, 6.45) is 0. The molecule has 0 saturated heterocycles. The average Bonchev–Trinajstić information content (AvgIpc) is 2.72. The molecule has 1 heterocycles. The third kappa shape index (κ3) is 4.33. The lowest BCUT2D eigenvalue weighted by atomic mass is 10.0. The highest BCUT2D eigenvalue weighted by Crippen LogP contribution is 2.28. The smallest absolute Gasteiger partial charge is 0.255 e. The fourth-order valence-electron chi connectivity index (χ4n) is 2.89. The van der Waals surface area contributed by atoms with Crippen LogP contribution in [0.1, 0.15) is 27.2 Å². The maximum atomic E-state index is 13.4. The molecule has 0 saturated carbocycles. The van der Waals surface area contributed by atoms with Crippen LogP contribution in [-0.2, 0) is 6.54 Å². The maximum absolute atomic E-state index is 13.4. The van der Waals surface area contributed by atoms with Gasteiger partial charge in [-0.2, -0.15) is 5.26 Å². The van der Waals surface area contributed by atoms with Gasteiger partial charge in [0, 0.05) is 23.9 Å². The summed E-state index contributed by atoms with van der Waals surface area (Å²) < 4.78 is 18.5. The first-order chi connectivity index (χ1) is 13.9. The molecule has 0 aliphatic heterocycles. The van der Waals surface area contributed by atoms with E-state index in [-0.39, 0.29) is 29.2 Å². The number of ether oxygens (including phenoxy) is 1. The quantitative estimate of drug-likeness (QED) is 0.691. The monoisotopic (exact) mass is 391 g/mol. The molecule has 0 aliphatic carbocycles. The van der Waals surface area contributed by atoms with E-state index < -0.39 is 11.7 Å². The molecule has 3 rings (SSSR count). The van der Waals surface area contributed by atoms with E-state index in [2.05, 4.69) is 10.3 Å². The second kappa shape index (κ2) is 8.40. The van der Waals surface area contributed by atoms with E-state index >= 15 is 0 Å². The average molecular weight is 391 g/mol. The number of nitriles is 1. The predicted molar refractivity (Wildman–Crippen MR) is 105 cm³/mol. The molecule has 2 N–H and O–H groups in total. The molecule has 6 nitrogen and oxygen atoms in total. The number of rotatable bonds is 5. The number of benzene rings is 2. The van der Waals surface area contributed by atoms with Crippen molar-refractivity contribution in [2.24, 2.45) is 0 Å². The van der Waals surface area contributed by atoms with Gasteiger partial charge in [0.05, 0.1) is 18.4 Å². The molecule has 29 heavy (non-hydrogen) atoms. The lowest BCUT2D eigenvalue weighted by Crippen LogP contribution is -2.23. The number of carbonyl (C=O) groups is 1. The van der Waals surface area contributed by atoms with Crippen molar-refractivity contribution in [3.63, 3.8) is 0 Å². The van der Waals surface area contributed by atoms with Crippen LogP contribution in [0.4, 0.5) is 4.39 Å². The number of aryl methyl sites for hydroxylation is 1. The minimum atomic E-state index is -0.525. The van der Waals surface area contributed by atoms with Crippen molar-refractivity contribution in [2.75, 3.05) is 7.11 Å². The lowest BCUT2D eigenvalue weighted by molar-refractivity contribution is 0.0947. The Bertz CT molecular complexity index is 1110. The van der Waals surface area contributed by atoms with Gasteiger partial charge in [-0.1, -0.05) is 24.3 Å². The van der Waals surface area contributed by atoms with Crippen LogP contribution in [0, 0.1) is 24.1 Å². The van der Waals surface area contributed by atoms with Gasteiger partial charge in [0.2, 0.25) is 0 Å². The Kier molecular flexibility index (Phi) is 5.74. The minimum absolute atomic E-state index is 0.106. The number of aromatic hydroxyl groups is 1. The van der Waals surface area contributed by atoms with Crippen LogP contribution in [0.2, 0.25) is 0 Å². The standard InChI is InChI=1S/C22H18FN3O3/c1-13-9-19(27)18(11-24)21(26-13)15-5-3-14(4-6-15)12-25-22(28)17-10-16(23)7-8-20(17)29-2/h3-10H,12H2,1-2H3,(H,25,28)(H,26,27). The second-order valence-corrected chi connectivity index (χ2v) is 6.34. The zero-order valence-electron chi connectivity index (χ0n) is 15.9. The van der Waals surface area contributed by atoms with Crippen LogP contribution < -0.4 is 10.1 Å². The van der Waals surface area contributed by atoms with Gasteiger partial charge < -0.3 is 15.2 Å². The summed E-state index contributed by atoms with van der Waals surface area (Å²) in [4.78, 5) is 16.7. The van der Waals surface area contributed by atoms with Crippen molar-refractivity contribution in [2.45, 2.75) is 13.5 Å². The molecule has 7 heteroatoms. The van der Waals surface area contributed by atoms with Gasteiger partial charge in [-0.3, -0.25) is 9.78 Å². The maximum Gasteiger partial charge on any atom is 0.255 e.